The third-order valence-corrected chi connectivity index (χ3v) is 4.80. The summed E-state index contributed by atoms with van der Waals surface area (Å²) < 4.78 is 18.7. The van der Waals surface area contributed by atoms with Crippen LogP contribution in [-0.2, 0) is 0 Å². The molecule has 3 aromatic rings. The summed E-state index contributed by atoms with van der Waals surface area (Å²) in [7, 11) is 1.66. The zero-order valence-electron chi connectivity index (χ0n) is 14.5. The second kappa shape index (κ2) is 6.67. The molecule has 1 aliphatic rings. The Labute approximate surface area is 150 Å². The molecule has 0 atom stereocenters. The molecule has 0 bridgehead atoms. The van der Waals surface area contributed by atoms with E-state index in [2.05, 4.69) is 11.1 Å². The van der Waals surface area contributed by atoms with Crippen LogP contribution in [0.1, 0.15) is 22.3 Å². The van der Waals surface area contributed by atoms with Crippen LogP contribution in [0.3, 0.4) is 0 Å². The molecule has 5 heteroatoms. The lowest BCUT2D eigenvalue weighted by Crippen LogP contribution is -2.34. The molecule has 4 nitrogen and oxygen atoms in total. The molecule has 0 unspecified atom stereocenters. The number of rotatable bonds is 3. The zero-order valence-corrected chi connectivity index (χ0v) is 14.5. The Morgan fingerprint density at radius 3 is 2.85 bits per heavy atom. The number of H-pyrrole nitrogens is 1. The second-order valence-corrected chi connectivity index (χ2v) is 6.35. The zero-order chi connectivity index (χ0) is 18.1. The summed E-state index contributed by atoms with van der Waals surface area (Å²) in [6.45, 7) is 1.12. The van der Waals surface area contributed by atoms with Gasteiger partial charge in [0.1, 0.15) is 11.6 Å². The average Bonchev–Trinajstić information content (AvgIpc) is 3.10. The molecule has 1 aromatic heterocycles. The molecule has 0 saturated heterocycles. The molecule has 1 amide bonds. The minimum absolute atomic E-state index is 0.139. The van der Waals surface area contributed by atoms with Crippen molar-refractivity contribution in [3.63, 3.8) is 0 Å². The van der Waals surface area contributed by atoms with Crippen molar-refractivity contribution in [2.75, 3.05) is 20.2 Å². The number of hydrogen-bond donors (Lipinski definition) is 1. The Morgan fingerprint density at radius 2 is 2.12 bits per heavy atom. The van der Waals surface area contributed by atoms with Gasteiger partial charge in [-0.25, -0.2) is 4.39 Å². The van der Waals surface area contributed by atoms with E-state index in [0.29, 0.717) is 18.7 Å². The predicted octanol–water partition coefficient (Wildman–Crippen LogP) is 4.25. The molecule has 1 N–H and O–H groups in total. The highest BCUT2D eigenvalue weighted by molar-refractivity contribution is 5.96. The Morgan fingerprint density at radius 1 is 1.23 bits per heavy atom. The van der Waals surface area contributed by atoms with Crippen molar-refractivity contribution in [1.29, 1.82) is 0 Å². The standard InChI is InChI=1S/C21H19FN2O2/c1-26-17-5-6-20-18(12-17)19(13-23-20)14-7-9-24(10-8-14)21(25)15-3-2-4-16(22)11-15/h2-7,11-13,23H,8-10H2,1H3. The van der Waals surface area contributed by atoms with Crippen molar-refractivity contribution in [1.82, 2.24) is 9.88 Å². The van der Waals surface area contributed by atoms with E-state index in [4.69, 9.17) is 4.74 Å². The summed E-state index contributed by atoms with van der Waals surface area (Å²) in [5.41, 5.74) is 3.78. The molecule has 2 heterocycles. The lowest BCUT2D eigenvalue weighted by atomic mass is 9.98. The van der Waals surface area contributed by atoms with Crippen molar-refractivity contribution in [3.05, 3.63) is 71.7 Å². The Bertz CT molecular complexity index is 1010. The van der Waals surface area contributed by atoms with Crippen LogP contribution in [-0.4, -0.2) is 36.0 Å². The molecule has 0 spiro atoms. The second-order valence-electron chi connectivity index (χ2n) is 6.35. The fourth-order valence-electron chi connectivity index (χ4n) is 3.39. The average molecular weight is 350 g/mol. The maximum Gasteiger partial charge on any atom is 0.254 e. The quantitative estimate of drug-likeness (QED) is 0.768. The molecular formula is C21H19FN2O2. The van der Waals surface area contributed by atoms with Gasteiger partial charge in [0, 0.05) is 41.3 Å². The number of benzene rings is 2. The maximum atomic E-state index is 13.4. The number of nitrogens with zero attached hydrogens (tertiary/aromatic N) is 1. The number of hydrogen-bond acceptors (Lipinski definition) is 2. The van der Waals surface area contributed by atoms with Gasteiger partial charge in [0.2, 0.25) is 0 Å². The first-order valence-electron chi connectivity index (χ1n) is 8.55. The summed E-state index contributed by atoms with van der Waals surface area (Å²) >= 11 is 0. The number of amides is 1. The van der Waals surface area contributed by atoms with E-state index in [9.17, 15) is 9.18 Å². The molecule has 0 saturated carbocycles. The Hall–Kier alpha value is -3.08. The lowest BCUT2D eigenvalue weighted by molar-refractivity contribution is 0.0772. The smallest absolute Gasteiger partial charge is 0.254 e. The third kappa shape index (κ3) is 2.96. The number of aromatic amines is 1. The number of ether oxygens (including phenoxy) is 1. The van der Waals surface area contributed by atoms with Crippen molar-refractivity contribution >= 4 is 22.4 Å². The van der Waals surface area contributed by atoms with Crippen molar-refractivity contribution in [3.8, 4) is 5.75 Å². The van der Waals surface area contributed by atoms with Gasteiger partial charge >= 0.3 is 0 Å². The van der Waals surface area contributed by atoms with E-state index in [1.807, 2.05) is 24.4 Å². The summed E-state index contributed by atoms with van der Waals surface area (Å²) in [6, 6.07) is 11.8. The van der Waals surface area contributed by atoms with Gasteiger partial charge in [0.05, 0.1) is 7.11 Å². The number of fused-ring (bicyclic) bond motifs is 1. The number of carbonyl (C=O) groups is 1. The van der Waals surface area contributed by atoms with Crippen LogP contribution < -0.4 is 4.74 Å². The minimum atomic E-state index is -0.392. The van der Waals surface area contributed by atoms with Gasteiger partial charge in [-0.2, -0.15) is 0 Å². The summed E-state index contributed by atoms with van der Waals surface area (Å²) in [5.74, 6) is 0.287. The van der Waals surface area contributed by atoms with Gasteiger partial charge in [-0.05, 0) is 48.4 Å². The van der Waals surface area contributed by atoms with Crippen LogP contribution in [0, 0.1) is 5.82 Å². The van der Waals surface area contributed by atoms with Gasteiger partial charge in [-0.3, -0.25) is 4.79 Å². The van der Waals surface area contributed by atoms with Crippen molar-refractivity contribution < 1.29 is 13.9 Å². The minimum Gasteiger partial charge on any atom is -0.497 e. The molecule has 0 radical (unpaired) electrons. The topological polar surface area (TPSA) is 45.3 Å². The number of carbonyl (C=O) groups excluding carboxylic acids is 1. The lowest BCUT2D eigenvalue weighted by Gasteiger charge is -2.26. The fourth-order valence-corrected chi connectivity index (χ4v) is 3.39. The monoisotopic (exact) mass is 350 g/mol. The SMILES string of the molecule is COc1ccc2[nH]cc(C3=CCN(C(=O)c4cccc(F)c4)CC3)c2c1. The summed E-state index contributed by atoms with van der Waals surface area (Å²) in [4.78, 5) is 17.6. The normalized spacial score (nSPS) is 14.4. The Balaban J connectivity index is 1.57. The molecule has 132 valence electrons. The predicted molar refractivity (Wildman–Crippen MR) is 99.7 cm³/mol. The van der Waals surface area contributed by atoms with Crippen molar-refractivity contribution in [2.24, 2.45) is 0 Å². The summed E-state index contributed by atoms with van der Waals surface area (Å²) in [6.07, 6.45) is 4.83. The third-order valence-electron chi connectivity index (χ3n) is 4.80. The van der Waals surface area contributed by atoms with Crippen molar-refractivity contribution in [2.45, 2.75) is 6.42 Å². The Kier molecular flexibility index (Phi) is 4.21. The van der Waals surface area contributed by atoms with E-state index in [-0.39, 0.29) is 5.91 Å². The van der Waals surface area contributed by atoms with Crippen LogP contribution in [0.15, 0.2) is 54.7 Å². The van der Waals surface area contributed by atoms with Gasteiger partial charge in [0.25, 0.3) is 5.91 Å². The van der Waals surface area contributed by atoms with Gasteiger partial charge in [-0.15, -0.1) is 0 Å². The van der Waals surface area contributed by atoms with Crippen LogP contribution in [0.5, 0.6) is 5.75 Å². The number of nitrogens with one attached hydrogen (secondary N) is 1. The first-order valence-corrected chi connectivity index (χ1v) is 8.55. The first-order chi connectivity index (χ1) is 12.7. The van der Waals surface area contributed by atoms with E-state index in [1.54, 1.807) is 24.1 Å². The molecule has 1 aliphatic heterocycles. The van der Waals surface area contributed by atoms with E-state index >= 15 is 0 Å². The van der Waals surface area contributed by atoms with Crippen LogP contribution in [0.25, 0.3) is 16.5 Å². The van der Waals surface area contributed by atoms with E-state index < -0.39 is 5.82 Å². The number of halogens is 1. The van der Waals surface area contributed by atoms with E-state index in [1.165, 1.54) is 17.7 Å². The summed E-state index contributed by atoms with van der Waals surface area (Å²) in [5, 5.41) is 1.11. The van der Waals surface area contributed by atoms with Gasteiger partial charge < -0.3 is 14.6 Å². The maximum absolute atomic E-state index is 13.4. The van der Waals surface area contributed by atoms with Crippen LogP contribution >= 0.6 is 0 Å². The van der Waals surface area contributed by atoms with Gasteiger partial charge in [-0.1, -0.05) is 12.1 Å². The van der Waals surface area contributed by atoms with Crippen LogP contribution in [0.2, 0.25) is 0 Å². The van der Waals surface area contributed by atoms with Gasteiger partial charge in [0.15, 0.2) is 0 Å². The number of methoxy groups -OCH3 is 1. The highest BCUT2D eigenvalue weighted by Crippen LogP contribution is 2.31. The largest absolute Gasteiger partial charge is 0.497 e. The fraction of sp³-hybridized carbons (Fsp3) is 0.190. The molecule has 26 heavy (non-hydrogen) atoms. The highest BCUT2D eigenvalue weighted by Gasteiger charge is 2.21. The number of aromatic nitrogens is 1. The van der Waals surface area contributed by atoms with E-state index in [0.717, 1.165) is 28.6 Å². The van der Waals surface area contributed by atoms with Crippen LogP contribution in [0.4, 0.5) is 4.39 Å². The molecular weight excluding hydrogens is 331 g/mol. The molecule has 4 rings (SSSR count). The highest BCUT2D eigenvalue weighted by atomic mass is 19.1. The molecule has 0 fully saturated rings. The first kappa shape index (κ1) is 16.4. The molecule has 2 aromatic carbocycles. The molecule has 0 aliphatic carbocycles.